The molecule has 2 heterocycles. The Hall–Kier alpha value is -0.503. The monoisotopic (exact) mass is 362 g/mol. The van der Waals surface area contributed by atoms with Gasteiger partial charge in [-0.3, -0.25) is 4.79 Å². The molecule has 5 atom stereocenters. The molecule has 0 radical (unpaired) electrons. The molecule has 0 amide bonds. The van der Waals surface area contributed by atoms with Crippen LogP contribution in [0.4, 0.5) is 4.39 Å². The zero-order valence-electron chi connectivity index (χ0n) is 16.0. The number of halogens is 1. The molecule has 24 heavy (non-hydrogen) atoms. The second kappa shape index (κ2) is 6.34. The van der Waals surface area contributed by atoms with E-state index in [-0.39, 0.29) is 22.1 Å². The molecular formula is C17H31FO5Si. The molecule has 0 saturated carbocycles. The van der Waals surface area contributed by atoms with Crippen LogP contribution in [0.1, 0.15) is 55.4 Å². The summed E-state index contributed by atoms with van der Waals surface area (Å²) in [5.74, 6) is -0.818. The maximum Gasteiger partial charge on any atom is 0.349 e. The van der Waals surface area contributed by atoms with E-state index in [0.29, 0.717) is 6.61 Å². The van der Waals surface area contributed by atoms with Gasteiger partial charge in [0.1, 0.15) is 6.10 Å². The van der Waals surface area contributed by atoms with Gasteiger partial charge in [0.2, 0.25) is 6.36 Å². The fraction of sp³-hybridized carbons (Fsp3) is 0.941. The van der Waals surface area contributed by atoms with E-state index < -0.39 is 33.1 Å². The van der Waals surface area contributed by atoms with Crippen molar-refractivity contribution in [2.24, 2.45) is 5.92 Å². The normalized spacial score (nSPS) is 36.8. The number of ether oxygens (including phenoxy) is 2. The first-order valence-corrected chi connectivity index (χ1v) is 10.4. The van der Waals surface area contributed by atoms with Gasteiger partial charge in [-0.05, 0) is 0 Å². The van der Waals surface area contributed by atoms with Crippen molar-refractivity contribution in [2.75, 3.05) is 6.61 Å². The summed E-state index contributed by atoms with van der Waals surface area (Å²) in [6, 6.07) is 0. The van der Waals surface area contributed by atoms with Gasteiger partial charge in [0.05, 0.1) is 12.7 Å². The molecule has 0 aromatic rings. The maximum absolute atomic E-state index is 14.3. The zero-order chi connectivity index (χ0) is 18.5. The van der Waals surface area contributed by atoms with E-state index >= 15 is 0 Å². The average molecular weight is 363 g/mol. The third-order valence-electron chi connectivity index (χ3n) is 5.00. The van der Waals surface area contributed by atoms with Gasteiger partial charge in [-0.25, -0.2) is 4.39 Å². The Morgan fingerprint density at radius 2 is 1.71 bits per heavy atom. The Morgan fingerprint density at radius 3 is 2.17 bits per heavy atom. The first-order valence-electron chi connectivity index (χ1n) is 8.59. The number of rotatable bonds is 1. The Kier molecular flexibility index (Phi) is 5.23. The molecule has 140 valence electrons. The third-order valence-corrected chi connectivity index (χ3v) is 10.1. The standard InChI is InChI=1S/C17H31FO5Si/c1-10-13-12(22-15(18)14(10)21-11(2)19)9-20-24(23-13,16(3,4)5)17(6,7)8/h10,12-15H,9H2,1-8H3/t10-,12?,13-,14?,15-/m0/s1. The van der Waals surface area contributed by atoms with E-state index in [1.165, 1.54) is 6.92 Å². The van der Waals surface area contributed by atoms with Crippen LogP contribution in [0.25, 0.3) is 0 Å². The highest BCUT2D eigenvalue weighted by Gasteiger charge is 2.64. The van der Waals surface area contributed by atoms with Crippen LogP contribution in [0, 0.1) is 5.92 Å². The SMILES string of the molecule is CC(=O)OC1[C@@H](C)[C@@H]2O[Si](C(C)(C)C)(C(C)(C)C)OCC2O[C@@H]1F. The average Bonchev–Trinajstić information content (AvgIpc) is 2.40. The number of carbonyl (C=O) groups excluding carboxylic acids is 1. The molecule has 0 aromatic carbocycles. The summed E-state index contributed by atoms with van der Waals surface area (Å²) in [4.78, 5) is 11.3. The van der Waals surface area contributed by atoms with Crippen molar-refractivity contribution in [3.05, 3.63) is 0 Å². The van der Waals surface area contributed by atoms with E-state index in [4.69, 9.17) is 18.3 Å². The molecule has 0 aromatic heterocycles. The summed E-state index contributed by atoms with van der Waals surface area (Å²) in [5, 5.41) is -0.334. The largest absolute Gasteiger partial charge is 0.456 e. The van der Waals surface area contributed by atoms with Crippen LogP contribution in [0.5, 0.6) is 0 Å². The molecule has 0 spiro atoms. The minimum atomic E-state index is -2.67. The predicted molar refractivity (Wildman–Crippen MR) is 90.5 cm³/mol. The molecule has 2 aliphatic rings. The fourth-order valence-electron chi connectivity index (χ4n) is 4.09. The third kappa shape index (κ3) is 3.28. The first-order chi connectivity index (χ1) is 10.8. The van der Waals surface area contributed by atoms with Gasteiger partial charge in [0, 0.05) is 22.9 Å². The number of hydrogen-bond acceptors (Lipinski definition) is 5. The van der Waals surface area contributed by atoms with E-state index in [1.807, 2.05) is 6.92 Å². The van der Waals surface area contributed by atoms with Gasteiger partial charge in [-0.1, -0.05) is 48.5 Å². The lowest BCUT2D eigenvalue weighted by Crippen LogP contribution is -2.69. The first kappa shape index (κ1) is 19.8. The van der Waals surface area contributed by atoms with Crippen molar-refractivity contribution in [1.29, 1.82) is 0 Å². The second-order valence-corrected chi connectivity index (χ2v) is 13.7. The Morgan fingerprint density at radius 1 is 1.17 bits per heavy atom. The van der Waals surface area contributed by atoms with Gasteiger partial charge < -0.3 is 18.3 Å². The molecule has 2 aliphatic heterocycles. The Bertz CT molecular complexity index is 470. The molecule has 0 N–H and O–H groups in total. The van der Waals surface area contributed by atoms with Crippen LogP contribution in [-0.2, 0) is 23.1 Å². The second-order valence-electron chi connectivity index (χ2n) is 8.97. The van der Waals surface area contributed by atoms with Crippen LogP contribution in [-0.4, -0.2) is 45.8 Å². The number of hydrogen-bond donors (Lipinski definition) is 0. The van der Waals surface area contributed by atoms with Crippen molar-refractivity contribution < 1.29 is 27.5 Å². The van der Waals surface area contributed by atoms with Crippen molar-refractivity contribution in [3.63, 3.8) is 0 Å². The molecule has 0 bridgehead atoms. The lowest BCUT2D eigenvalue weighted by Gasteiger charge is -2.57. The van der Waals surface area contributed by atoms with Gasteiger partial charge in [0.25, 0.3) is 0 Å². The van der Waals surface area contributed by atoms with Crippen molar-refractivity contribution >= 4 is 14.5 Å². The van der Waals surface area contributed by atoms with Crippen LogP contribution >= 0.6 is 0 Å². The number of fused-ring (bicyclic) bond motifs is 1. The summed E-state index contributed by atoms with van der Waals surface area (Å²) < 4.78 is 37.8. The van der Waals surface area contributed by atoms with Crippen LogP contribution in [0.3, 0.4) is 0 Å². The molecule has 2 saturated heterocycles. The highest BCUT2D eigenvalue weighted by Crippen LogP contribution is 2.55. The van der Waals surface area contributed by atoms with Crippen LogP contribution < -0.4 is 0 Å². The number of alkyl halides is 1. The Balaban J connectivity index is 2.33. The molecule has 7 heteroatoms. The minimum absolute atomic E-state index is 0.167. The van der Waals surface area contributed by atoms with Crippen LogP contribution in [0.15, 0.2) is 0 Å². The van der Waals surface area contributed by atoms with E-state index in [0.717, 1.165) is 0 Å². The van der Waals surface area contributed by atoms with Crippen molar-refractivity contribution in [1.82, 2.24) is 0 Å². The van der Waals surface area contributed by atoms with Crippen molar-refractivity contribution in [2.45, 2.75) is 90.1 Å². The summed E-state index contributed by atoms with van der Waals surface area (Å²) in [6.45, 7) is 16.2. The molecule has 2 fully saturated rings. The lowest BCUT2D eigenvalue weighted by molar-refractivity contribution is -0.262. The summed E-state index contributed by atoms with van der Waals surface area (Å²) in [7, 11) is -2.67. The Labute approximate surface area is 145 Å². The zero-order valence-corrected chi connectivity index (χ0v) is 17.0. The van der Waals surface area contributed by atoms with E-state index in [9.17, 15) is 9.18 Å². The molecule has 2 unspecified atom stereocenters. The highest BCUT2D eigenvalue weighted by atomic mass is 28.4. The van der Waals surface area contributed by atoms with Gasteiger partial charge in [-0.2, -0.15) is 0 Å². The smallest absolute Gasteiger partial charge is 0.349 e. The lowest BCUT2D eigenvalue weighted by atomic mass is 9.91. The highest BCUT2D eigenvalue weighted by molar-refractivity contribution is 6.73. The molecular weight excluding hydrogens is 331 g/mol. The van der Waals surface area contributed by atoms with Gasteiger partial charge >= 0.3 is 14.5 Å². The maximum atomic E-state index is 14.3. The molecule has 2 rings (SSSR count). The van der Waals surface area contributed by atoms with Gasteiger partial charge in [-0.15, -0.1) is 0 Å². The number of carbonyl (C=O) groups is 1. The van der Waals surface area contributed by atoms with E-state index in [1.54, 1.807) is 0 Å². The van der Waals surface area contributed by atoms with Crippen LogP contribution in [0.2, 0.25) is 10.1 Å². The van der Waals surface area contributed by atoms with Crippen molar-refractivity contribution in [3.8, 4) is 0 Å². The summed E-state index contributed by atoms with van der Waals surface area (Å²) in [6.07, 6.45) is -3.43. The fourth-order valence-corrected chi connectivity index (χ4v) is 9.13. The quantitative estimate of drug-likeness (QED) is 0.526. The topological polar surface area (TPSA) is 54.0 Å². The predicted octanol–water partition coefficient (Wildman–Crippen LogP) is 3.71. The van der Waals surface area contributed by atoms with E-state index in [2.05, 4.69) is 41.5 Å². The summed E-state index contributed by atoms with van der Waals surface area (Å²) >= 11 is 0. The van der Waals surface area contributed by atoms with Gasteiger partial charge in [0.15, 0.2) is 6.10 Å². The minimum Gasteiger partial charge on any atom is -0.456 e. The summed E-state index contributed by atoms with van der Waals surface area (Å²) in [5.41, 5.74) is 0. The number of esters is 1. The molecule has 5 nitrogen and oxygen atoms in total. The molecule has 0 aliphatic carbocycles.